The van der Waals surface area contributed by atoms with Gasteiger partial charge in [-0.15, -0.1) is 0 Å². The van der Waals surface area contributed by atoms with E-state index < -0.39 is 6.29 Å². The molecule has 5 atom stereocenters. The number of hydrogen-bond acceptors (Lipinski definition) is 5. The Hall–Kier alpha value is -4.59. The summed E-state index contributed by atoms with van der Waals surface area (Å²) in [5.41, 5.74) is 8.00. The lowest BCUT2D eigenvalue weighted by Gasteiger charge is -2.43. The summed E-state index contributed by atoms with van der Waals surface area (Å²) in [7, 11) is 2.15. The summed E-state index contributed by atoms with van der Waals surface area (Å²) in [4.78, 5) is 14.9. The molecule has 0 bridgehead atoms. The van der Waals surface area contributed by atoms with Crippen LogP contribution in [-0.2, 0) is 22.6 Å². The molecule has 0 aliphatic carbocycles. The Morgan fingerprint density at radius 2 is 1.44 bits per heavy atom. The maximum Gasteiger partial charge on any atom is 0.251 e. The molecule has 0 saturated carbocycles. The van der Waals surface area contributed by atoms with Gasteiger partial charge in [0.25, 0.3) is 5.91 Å². The molecule has 2 N–H and O–H groups in total. The second-order valence-corrected chi connectivity index (χ2v) is 12.7. The van der Waals surface area contributed by atoms with Gasteiger partial charge in [0.2, 0.25) is 0 Å². The standard InChI is InChI=1S/C42H44N2O4/c1-29-39(27-44(3)30(2)33-12-6-4-7-13-33)47-42(48-40(29)35-19-17-31(28-45)18-20-35)37-23-21-34(22-24-37)38-16-10-11-32(25-38)26-43-41(46)36-14-8-5-9-15-36/h4-25,29-30,39-40,42,45H,26-28H2,1-3H3,(H,43,46)/t29-,30-,39+,40+,42+/m0/s1. The lowest BCUT2D eigenvalue weighted by molar-refractivity contribution is -0.276. The summed E-state index contributed by atoms with van der Waals surface area (Å²) < 4.78 is 13.5. The van der Waals surface area contributed by atoms with Gasteiger partial charge in [0.1, 0.15) is 0 Å². The van der Waals surface area contributed by atoms with Crippen molar-refractivity contribution in [3.05, 3.63) is 167 Å². The lowest BCUT2D eigenvalue weighted by atomic mass is 9.89. The van der Waals surface area contributed by atoms with Crippen LogP contribution in [0.4, 0.5) is 0 Å². The highest BCUT2D eigenvalue weighted by Gasteiger charge is 2.39. The van der Waals surface area contributed by atoms with Gasteiger partial charge in [0.05, 0.1) is 18.8 Å². The van der Waals surface area contributed by atoms with Crippen molar-refractivity contribution in [3.8, 4) is 11.1 Å². The first kappa shape index (κ1) is 33.3. The number of amides is 1. The van der Waals surface area contributed by atoms with Gasteiger partial charge in [-0.05, 0) is 65.6 Å². The van der Waals surface area contributed by atoms with Crippen molar-refractivity contribution in [1.29, 1.82) is 0 Å². The third-order valence-electron chi connectivity index (χ3n) is 9.47. The minimum Gasteiger partial charge on any atom is -0.392 e. The minimum absolute atomic E-state index is 0.00939. The van der Waals surface area contributed by atoms with Crippen molar-refractivity contribution in [2.24, 2.45) is 5.92 Å². The summed E-state index contributed by atoms with van der Waals surface area (Å²) in [6.45, 7) is 5.63. The van der Waals surface area contributed by atoms with Crippen LogP contribution in [-0.4, -0.2) is 35.6 Å². The number of aliphatic hydroxyl groups is 1. The van der Waals surface area contributed by atoms with Crippen LogP contribution in [0.15, 0.2) is 133 Å². The molecular weight excluding hydrogens is 596 g/mol. The Kier molecular flexibility index (Phi) is 10.8. The first-order chi connectivity index (χ1) is 23.4. The van der Waals surface area contributed by atoms with Crippen molar-refractivity contribution in [2.75, 3.05) is 13.6 Å². The van der Waals surface area contributed by atoms with Crippen LogP contribution < -0.4 is 5.32 Å². The van der Waals surface area contributed by atoms with E-state index in [0.29, 0.717) is 12.1 Å². The van der Waals surface area contributed by atoms with Crippen LogP contribution in [0.2, 0.25) is 0 Å². The summed E-state index contributed by atoms with van der Waals surface area (Å²) >= 11 is 0. The zero-order valence-corrected chi connectivity index (χ0v) is 27.8. The molecule has 6 rings (SSSR count). The summed E-state index contributed by atoms with van der Waals surface area (Å²) in [5, 5.41) is 12.6. The van der Waals surface area contributed by atoms with E-state index in [9.17, 15) is 9.90 Å². The number of carbonyl (C=O) groups is 1. The monoisotopic (exact) mass is 640 g/mol. The maximum absolute atomic E-state index is 12.6. The van der Waals surface area contributed by atoms with Gasteiger partial charge < -0.3 is 19.9 Å². The predicted molar refractivity (Wildman–Crippen MR) is 190 cm³/mol. The Balaban J connectivity index is 1.19. The van der Waals surface area contributed by atoms with Gasteiger partial charge in [-0.2, -0.15) is 0 Å². The number of rotatable bonds is 11. The van der Waals surface area contributed by atoms with E-state index in [1.54, 1.807) is 0 Å². The molecule has 1 heterocycles. The molecule has 1 saturated heterocycles. The molecule has 0 aromatic heterocycles. The molecule has 1 amide bonds. The SMILES string of the molecule is C[C@H]1[C@@H](CN(C)[C@@H](C)c2ccccc2)O[C@@H](c2ccc(-c3cccc(CNC(=O)c4ccccc4)c3)cc2)O[C@H]1c1ccc(CO)cc1. The molecule has 246 valence electrons. The molecule has 5 aromatic carbocycles. The average molecular weight is 641 g/mol. The van der Waals surface area contributed by atoms with Crippen molar-refractivity contribution in [3.63, 3.8) is 0 Å². The number of ether oxygens (including phenoxy) is 2. The van der Waals surface area contributed by atoms with E-state index in [1.165, 1.54) is 5.56 Å². The number of hydrogen-bond donors (Lipinski definition) is 2. The predicted octanol–water partition coefficient (Wildman–Crippen LogP) is 8.26. The minimum atomic E-state index is -0.539. The number of benzene rings is 5. The van der Waals surface area contributed by atoms with Crippen LogP contribution in [0.1, 0.15) is 70.5 Å². The number of aliphatic hydroxyl groups excluding tert-OH is 1. The molecule has 0 unspecified atom stereocenters. The summed E-state index contributed by atoms with van der Waals surface area (Å²) in [5.74, 6) is 0.00451. The summed E-state index contributed by atoms with van der Waals surface area (Å²) in [6, 6.07) is 44.7. The van der Waals surface area contributed by atoms with E-state index >= 15 is 0 Å². The van der Waals surface area contributed by atoms with Gasteiger partial charge >= 0.3 is 0 Å². The lowest BCUT2D eigenvalue weighted by Crippen LogP contribution is -2.44. The van der Waals surface area contributed by atoms with Crippen molar-refractivity contribution in [2.45, 2.75) is 51.5 Å². The zero-order chi connectivity index (χ0) is 33.5. The molecule has 48 heavy (non-hydrogen) atoms. The Morgan fingerprint density at radius 1 is 0.771 bits per heavy atom. The van der Waals surface area contributed by atoms with Crippen LogP contribution in [0.25, 0.3) is 11.1 Å². The Bertz CT molecular complexity index is 1760. The van der Waals surface area contributed by atoms with Gasteiger partial charge in [-0.1, -0.05) is 122 Å². The van der Waals surface area contributed by atoms with Gasteiger partial charge in [-0.25, -0.2) is 0 Å². The smallest absolute Gasteiger partial charge is 0.251 e. The van der Waals surface area contributed by atoms with Gasteiger partial charge in [0.15, 0.2) is 6.29 Å². The van der Waals surface area contributed by atoms with E-state index in [0.717, 1.165) is 39.9 Å². The van der Waals surface area contributed by atoms with E-state index in [4.69, 9.17) is 9.47 Å². The Morgan fingerprint density at radius 3 is 2.12 bits per heavy atom. The van der Waals surface area contributed by atoms with Crippen molar-refractivity contribution >= 4 is 5.91 Å². The fraction of sp³-hybridized carbons (Fsp3) is 0.262. The largest absolute Gasteiger partial charge is 0.392 e. The van der Waals surface area contributed by atoms with Crippen LogP contribution in [0, 0.1) is 5.92 Å². The van der Waals surface area contributed by atoms with Crippen molar-refractivity contribution in [1.82, 2.24) is 10.2 Å². The van der Waals surface area contributed by atoms with Crippen LogP contribution >= 0.6 is 0 Å². The number of nitrogens with one attached hydrogen (secondary N) is 1. The molecule has 6 heteroatoms. The third kappa shape index (κ3) is 7.92. The quantitative estimate of drug-likeness (QED) is 0.152. The Labute approximate surface area is 284 Å². The summed E-state index contributed by atoms with van der Waals surface area (Å²) in [6.07, 6.45) is -0.794. The zero-order valence-electron chi connectivity index (χ0n) is 27.8. The topological polar surface area (TPSA) is 71.0 Å². The molecular formula is C42H44N2O4. The second kappa shape index (κ2) is 15.5. The molecule has 6 nitrogen and oxygen atoms in total. The molecule has 1 aliphatic heterocycles. The number of nitrogens with zero attached hydrogens (tertiary/aromatic N) is 1. The van der Waals surface area contributed by atoms with E-state index in [1.807, 2.05) is 60.7 Å². The fourth-order valence-electron chi connectivity index (χ4n) is 6.32. The van der Waals surface area contributed by atoms with E-state index in [2.05, 4.69) is 104 Å². The number of likely N-dealkylation sites (N-methyl/N-ethyl adjacent to an activating group) is 1. The molecule has 0 spiro atoms. The second-order valence-electron chi connectivity index (χ2n) is 12.7. The van der Waals surface area contributed by atoms with Crippen LogP contribution in [0.5, 0.6) is 0 Å². The first-order valence-corrected chi connectivity index (χ1v) is 16.7. The highest BCUT2D eigenvalue weighted by atomic mass is 16.7. The molecule has 0 radical (unpaired) electrons. The third-order valence-corrected chi connectivity index (χ3v) is 9.47. The maximum atomic E-state index is 12.6. The molecule has 1 fully saturated rings. The highest BCUT2D eigenvalue weighted by molar-refractivity contribution is 5.94. The van der Waals surface area contributed by atoms with Crippen molar-refractivity contribution < 1.29 is 19.4 Å². The van der Waals surface area contributed by atoms with Crippen LogP contribution in [0.3, 0.4) is 0 Å². The van der Waals surface area contributed by atoms with Gasteiger partial charge in [0, 0.05) is 36.2 Å². The van der Waals surface area contributed by atoms with Gasteiger partial charge in [-0.3, -0.25) is 9.69 Å². The number of carbonyl (C=O) groups excluding carboxylic acids is 1. The average Bonchev–Trinajstić information content (AvgIpc) is 3.15. The van der Waals surface area contributed by atoms with E-state index in [-0.39, 0.29) is 36.7 Å². The fourth-order valence-corrected chi connectivity index (χ4v) is 6.32. The normalized spacial score (nSPS) is 19.9. The first-order valence-electron chi connectivity index (χ1n) is 16.7. The highest BCUT2D eigenvalue weighted by Crippen LogP contribution is 2.42. The molecule has 1 aliphatic rings. The molecule has 5 aromatic rings.